The third-order valence-corrected chi connectivity index (χ3v) is 2.87. The van der Waals surface area contributed by atoms with Gasteiger partial charge in [0.05, 0.1) is 6.61 Å². The van der Waals surface area contributed by atoms with Crippen molar-refractivity contribution < 1.29 is 14.6 Å². The summed E-state index contributed by atoms with van der Waals surface area (Å²) < 4.78 is 10.6. The van der Waals surface area contributed by atoms with E-state index in [4.69, 9.17) is 9.47 Å². The molecule has 114 valence electrons. The molecule has 0 fully saturated rings. The second-order valence-electron chi connectivity index (χ2n) is 5.56. The van der Waals surface area contributed by atoms with Crippen LogP contribution in [0.2, 0.25) is 0 Å². The maximum Gasteiger partial charge on any atom is 0.123 e. The van der Waals surface area contributed by atoms with Crippen LogP contribution in [-0.4, -0.2) is 38.1 Å². The largest absolute Gasteiger partial charge is 0.490 e. The van der Waals surface area contributed by atoms with E-state index in [1.54, 1.807) is 7.11 Å². The highest BCUT2D eigenvalue weighted by atomic mass is 16.5. The van der Waals surface area contributed by atoms with Gasteiger partial charge in [-0.2, -0.15) is 0 Å². The Morgan fingerprint density at radius 3 is 2.65 bits per heavy atom. The van der Waals surface area contributed by atoms with E-state index in [2.05, 4.69) is 32.2 Å². The lowest BCUT2D eigenvalue weighted by molar-refractivity contribution is 0.0323. The molecule has 1 aromatic carbocycles. The first kappa shape index (κ1) is 17.0. The summed E-state index contributed by atoms with van der Waals surface area (Å²) >= 11 is 0. The molecule has 0 aliphatic carbocycles. The summed E-state index contributed by atoms with van der Waals surface area (Å²) in [7, 11) is 1.57. The van der Waals surface area contributed by atoms with Gasteiger partial charge >= 0.3 is 0 Å². The first-order valence-corrected chi connectivity index (χ1v) is 7.13. The van der Waals surface area contributed by atoms with E-state index in [-0.39, 0.29) is 13.2 Å². The van der Waals surface area contributed by atoms with Gasteiger partial charge in [0.1, 0.15) is 18.5 Å². The molecular formula is C16H27NO3. The monoisotopic (exact) mass is 281 g/mol. The number of benzene rings is 1. The van der Waals surface area contributed by atoms with Gasteiger partial charge in [0, 0.05) is 19.2 Å². The standard InChI is InChI=1S/C16H27NO3/c1-12(2)8-17-9-14-7-13(3)5-6-16(14)20-11-15(18)10-19-4/h5-7,12,15,17-18H,8-11H2,1-4H3. The maximum absolute atomic E-state index is 9.64. The van der Waals surface area contributed by atoms with Crippen molar-refractivity contribution in [1.82, 2.24) is 5.32 Å². The number of methoxy groups -OCH3 is 1. The van der Waals surface area contributed by atoms with Crippen LogP contribution in [0.5, 0.6) is 5.75 Å². The van der Waals surface area contributed by atoms with Crippen molar-refractivity contribution in [1.29, 1.82) is 0 Å². The molecule has 0 aromatic heterocycles. The summed E-state index contributed by atoms with van der Waals surface area (Å²) in [6.45, 7) is 8.70. The topological polar surface area (TPSA) is 50.7 Å². The molecule has 20 heavy (non-hydrogen) atoms. The first-order valence-electron chi connectivity index (χ1n) is 7.13. The third kappa shape index (κ3) is 6.37. The Morgan fingerprint density at radius 1 is 1.25 bits per heavy atom. The number of hydrogen-bond acceptors (Lipinski definition) is 4. The SMILES string of the molecule is COCC(O)COc1ccc(C)cc1CNCC(C)C. The average Bonchev–Trinajstić information content (AvgIpc) is 2.37. The number of aryl methyl sites for hydroxylation is 1. The van der Waals surface area contributed by atoms with Gasteiger partial charge in [0.25, 0.3) is 0 Å². The second-order valence-corrected chi connectivity index (χ2v) is 5.56. The van der Waals surface area contributed by atoms with Gasteiger partial charge in [0.15, 0.2) is 0 Å². The van der Waals surface area contributed by atoms with E-state index in [0.717, 1.165) is 24.4 Å². The van der Waals surface area contributed by atoms with Gasteiger partial charge in [-0.25, -0.2) is 0 Å². The molecular weight excluding hydrogens is 254 g/mol. The van der Waals surface area contributed by atoms with E-state index < -0.39 is 6.10 Å². The molecule has 0 radical (unpaired) electrons. The van der Waals surface area contributed by atoms with Crippen molar-refractivity contribution in [3.63, 3.8) is 0 Å². The van der Waals surface area contributed by atoms with Gasteiger partial charge in [-0.05, 0) is 25.5 Å². The molecule has 1 atom stereocenters. The van der Waals surface area contributed by atoms with Crippen LogP contribution >= 0.6 is 0 Å². The fraction of sp³-hybridized carbons (Fsp3) is 0.625. The smallest absolute Gasteiger partial charge is 0.123 e. The zero-order valence-electron chi connectivity index (χ0n) is 13.0. The van der Waals surface area contributed by atoms with Crippen molar-refractivity contribution >= 4 is 0 Å². The molecule has 4 nitrogen and oxygen atoms in total. The minimum atomic E-state index is -0.599. The Labute approximate surface area is 122 Å². The van der Waals surface area contributed by atoms with Gasteiger partial charge in [-0.1, -0.05) is 31.5 Å². The Kier molecular flexibility index (Phi) is 7.59. The van der Waals surface area contributed by atoms with Crippen molar-refractivity contribution in [3.8, 4) is 5.75 Å². The quantitative estimate of drug-likeness (QED) is 0.728. The minimum absolute atomic E-state index is 0.244. The van der Waals surface area contributed by atoms with Crippen LogP contribution in [-0.2, 0) is 11.3 Å². The van der Waals surface area contributed by atoms with Gasteiger partial charge in [0.2, 0.25) is 0 Å². The van der Waals surface area contributed by atoms with Crippen molar-refractivity contribution in [2.24, 2.45) is 5.92 Å². The van der Waals surface area contributed by atoms with E-state index in [1.807, 2.05) is 12.1 Å². The maximum atomic E-state index is 9.64. The predicted molar refractivity (Wildman–Crippen MR) is 81.1 cm³/mol. The second kappa shape index (κ2) is 8.95. The van der Waals surface area contributed by atoms with Crippen LogP contribution in [0.3, 0.4) is 0 Å². The van der Waals surface area contributed by atoms with Crippen LogP contribution in [0, 0.1) is 12.8 Å². The van der Waals surface area contributed by atoms with Crippen molar-refractivity contribution in [3.05, 3.63) is 29.3 Å². The molecule has 0 aliphatic heterocycles. The molecule has 1 rings (SSSR count). The number of aliphatic hydroxyl groups is 1. The highest BCUT2D eigenvalue weighted by molar-refractivity contribution is 5.36. The number of ether oxygens (including phenoxy) is 2. The third-order valence-electron chi connectivity index (χ3n) is 2.87. The minimum Gasteiger partial charge on any atom is -0.490 e. The number of hydrogen-bond donors (Lipinski definition) is 2. The summed E-state index contributed by atoms with van der Waals surface area (Å²) in [5.41, 5.74) is 2.33. The molecule has 0 heterocycles. The van der Waals surface area contributed by atoms with Crippen molar-refractivity contribution in [2.75, 3.05) is 26.9 Å². The molecule has 0 saturated carbocycles. The Hall–Kier alpha value is -1.10. The summed E-state index contributed by atoms with van der Waals surface area (Å²) in [5.74, 6) is 1.44. The van der Waals surface area contributed by atoms with Gasteiger partial charge in [-0.3, -0.25) is 0 Å². The van der Waals surface area contributed by atoms with Crippen LogP contribution in [0.15, 0.2) is 18.2 Å². The molecule has 2 N–H and O–H groups in total. The molecule has 0 aliphatic rings. The predicted octanol–water partition coefficient (Wildman–Crippen LogP) is 2.13. The highest BCUT2D eigenvalue weighted by Gasteiger charge is 2.08. The molecule has 0 spiro atoms. The molecule has 1 aromatic rings. The lowest BCUT2D eigenvalue weighted by Crippen LogP contribution is -2.24. The highest BCUT2D eigenvalue weighted by Crippen LogP contribution is 2.20. The lowest BCUT2D eigenvalue weighted by atomic mass is 10.1. The molecule has 4 heteroatoms. The average molecular weight is 281 g/mol. The number of nitrogens with one attached hydrogen (secondary N) is 1. The zero-order valence-corrected chi connectivity index (χ0v) is 13.0. The summed E-state index contributed by atoms with van der Waals surface area (Å²) in [4.78, 5) is 0. The Bertz CT molecular complexity index is 393. The normalized spacial score (nSPS) is 12.7. The van der Waals surface area contributed by atoms with Gasteiger partial charge < -0.3 is 19.9 Å². The first-order chi connectivity index (χ1) is 9.52. The van der Waals surface area contributed by atoms with Crippen LogP contribution in [0.1, 0.15) is 25.0 Å². The molecule has 0 bridgehead atoms. The summed E-state index contributed by atoms with van der Waals surface area (Å²) in [6, 6.07) is 6.09. The molecule has 0 saturated heterocycles. The Balaban J connectivity index is 2.59. The molecule has 1 unspecified atom stereocenters. The van der Waals surface area contributed by atoms with E-state index in [9.17, 15) is 5.11 Å². The van der Waals surface area contributed by atoms with Crippen LogP contribution < -0.4 is 10.1 Å². The lowest BCUT2D eigenvalue weighted by Gasteiger charge is -2.16. The number of aliphatic hydroxyl groups excluding tert-OH is 1. The zero-order chi connectivity index (χ0) is 15.0. The van der Waals surface area contributed by atoms with E-state index in [1.165, 1.54) is 5.56 Å². The van der Waals surface area contributed by atoms with E-state index >= 15 is 0 Å². The summed E-state index contributed by atoms with van der Waals surface area (Å²) in [5, 5.41) is 13.1. The summed E-state index contributed by atoms with van der Waals surface area (Å²) in [6.07, 6.45) is -0.599. The fourth-order valence-electron chi connectivity index (χ4n) is 1.91. The van der Waals surface area contributed by atoms with Crippen molar-refractivity contribution in [2.45, 2.75) is 33.4 Å². The van der Waals surface area contributed by atoms with E-state index in [0.29, 0.717) is 5.92 Å². The van der Waals surface area contributed by atoms with Gasteiger partial charge in [-0.15, -0.1) is 0 Å². The fourth-order valence-corrected chi connectivity index (χ4v) is 1.91. The van der Waals surface area contributed by atoms with Crippen LogP contribution in [0.4, 0.5) is 0 Å². The molecule has 0 amide bonds. The Morgan fingerprint density at radius 2 is 2.00 bits per heavy atom. The van der Waals surface area contributed by atoms with Crippen LogP contribution in [0.25, 0.3) is 0 Å². The number of rotatable bonds is 9.